The van der Waals surface area contributed by atoms with Crippen molar-refractivity contribution in [2.75, 3.05) is 0 Å². The number of carboxylic acid groups (broad SMARTS) is 1. The Bertz CT molecular complexity index is 571. The Labute approximate surface area is 138 Å². The molecule has 5 nitrogen and oxygen atoms in total. The van der Waals surface area contributed by atoms with E-state index in [1.807, 2.05) is 27.7 Å². The Morgan fingerprint density at radius 3 is 2.32 bits per heavy atom. The summed E-state index contributed by atoms with van der Waals surface area (Å²) < 4.78 is 12.7. The van der Waals surface area contributed by atoms with Crippen molar-refractivity contribution in [3.05, 3.63) is 28.2 Å². The van der Waals surface area contributed by atoms with Gasteiger partial charge in [-0.25, -0.2) is 0 Å². The molecule has 1 atom stereocenters. The van der Waals surface area contributed by atoms with Gasteiger partial charge in [-0.1, -0.05) is 15.9 Å². The highest BCUT2D eigenvalue weighted by Crippen LogP contribution is 2.43. The maximum Gasteiger partial charge on any atom is 0.466 e. The van der Waals surface area contributed by atoms with Crippen molar-refractivity contribution in [2.24, 2.45) is 0 Å². The number of phenolic OH excluding ortho intramolecular Hbond substituents is 1. The summed E-state index contributed by atoms with van der Waals surface area (Å²) in [5.41, 5.74) is -0.434. The maximum absolute atomic E-state index is 11.3. The van der Waals surface area contributed by atoms with Crippen molar-refractivity contribution in [3.8, 4) is 5.75 Å². The highest BCUT2D eigenvalue weighted by atomic mass is 79.9. The van der Waals surface area contributed by atoms with Gasteiger partial charge in [-0.15, -0.1) is 0 Å². The van der Waals surface area contributed by atoms with E-state index in [4.69, 9.17) is 9.31 Å². The molecule has 1 aliphatic rings. The maximum atomic E-state index is 11.3. The van der Waals surface area contributed by atoms with Gasteiger partial charge >= 0.3 is 13.1 Å². The second kappa shape index (κ2) is 5.87. The van der Waals surface area contributed by atoms with Crippen LogP contribution in [0.1, 0.15) is 45.5 Å². The zero-order valence-corrected chi connectivity index (χ0v) is 14.7. The highest BCUT2D eigenvalue weighted by molar-refractivity contribution is 9.10. The van der Waals surface area contributed by atoms with Crippen molar-refractivity contribution in [2.45, 2.75) is 51.1 Å². The molecule has 1 unspecified atom stereocenters. The highest BCUT2D eigenvalue weighted by Gasteiger charge is 2.54. The molecule has 0 aliphatic carbocycles. The minimum absolute atomic E-state index is 0.0742. The summed E-state index contributed by atoms with van der Waals surface area (Å²) in [7, 11) is -0.695. The molecule has 0 spiro atoms. The number of phenols is 1. The summed E-state index contributed by atoms with van der Waals surface area (Å²) in [6.45, 7) is 7.68. The molecule has 2 N–H and O–H groups in total. The molecule has 0 amide bonds. The smallest absolute Gasteiger partial charge is 0.466 e. The van der Waals surface area contributed by atoms with Crippen LogP contribution in [0.3, 0.4) is 0 Å². The molecule has 1 heterocycles. The van der Waals surface area contributed by atoms with Crippen LogP contribution in [-0.2, 0) is 14.1 Å². The van der Waals surface area contributed by atoms with E-state index in [2.05, 4.69) is 15.9 Å². The normalized spacial score (nSPS) is 20.9. The standard InChI is InChI=1S/C15H20BBrO5/c1-14(2)15(3,4)22-16(21-14)11(8-13(19)20)10-7-9(18)5-6-12(10)17/h5-7,11,18H,8H2,1-4H3,(H,19,20). The lowest BCUT2D eigenvalue weighted by Gasteiger charge is -2.32. The number of rotatable bonds is 4. The first-order valence-corrected chi connectivity index (χ1v) is 7.88. The Hall–Kier alpha value is -1.05. The summed E-state index contributed by atoms with van der Waals surface area (Å²) >= 11 is 3.41. The van der Waals surface area contributed by atoms with Gasteiger partial charge in [0.05, 0.1) is 17.6 Å². The van der Waals surface area contributed by atoms with Crippen LogP contribution in [-0.4, -0.2) is 34.5 Å². The van der Waals surface area contributed by atoms with Crippen molar-refractivity contribution in [1.29, 1.82) is 0 Å². The molecular weight excluding hydrogens is 351 g/mol. The van der Waals surface area contributed by atoms with E-state index in [1.54, 1.807) is 12.1 Å². The number of hydrogen-bond acceptors (Lipinski definition) is 4. The van der Waals surface area contributed by atoms with Gasteiger partial charge in [0.2, 0.25) is 0 Å². The molecule has 0 saturated carbocycles. The largest absolute Gasteiger partial charge is 0.508 e. The molecular formula is C15H20BBrO5. The topological polar surface area (TPSA) is 76.0 Å². The molecule has 1 aromatic rings. The lowest BCUT2D eigenvalue weighted by atomic mass is 9.66. The first-order valence-electron chi connectivity index (χ1n) is 7.09. The number of carbonyl (C=O) groups is 1. The van der Waals surface area contributed by atoms with Gasteiger partial charge in [-0.05, 0) is 51.5 Å². The molecule has 1 aromatic carbocycles. The summed E-state index contributed by atoms with van der Waals surface area (Å²) in [6, 6.07) is 4.77. The van der Waals surface area contributed by atoms with Crippen molar-refractivity contribution in [1.82, 2.24) is 0 Å². The van der Waals surface area contributed by atoms with Gasteiger partial charge in [0.25, 0.3) is 0 Å². The Balaban J connectivity index is 2.40. The molecule has 120 valence electrons. The van der Waals surface area contributed by atoms with Crippen molar-refractivity contribution < 1.29 is 24.3 Å². The first-order chi connectivity index (χ1) is 10.0. The van der Waals surface area contributed by atoms with E-state index in [9.17, 15) is 15.0 Å². The monoisotopic (exact) mass is 370 g/mol. The van der Waals surface area contributed by atoms with E-state index in [-0.39, 0.29) is 12.2 Å². The van der Waals surface area contributed by atoms with Crippen LogP contribution in [0, 0.1) is 0 Å². The summed E-state index contributed by atoms with van der Waals surface area (Å²) in [4.78, 5) is 11.3. The van der Waals surface area contributed by atoms with Crippen LogP contribution in [0.2, 0.25) is 0 Å². The fourth-order valence-electron chi connectivity index (χ4n) is 2.41. The van der Waals surface area contributed by atoms with E-state index in [0.29, 0.717) is 10.0 Å². The van der Waals surface area contributed by atoms with E-state index in [1.165, 1.54) is 6.07 Å². The van der Waals surface area contributed by atoms with Crippen LogP contribution >= 0.6 is 15.9 Å². The quantitative estimate of drug-likeness (QED) is 0.795. The number of hydrogen-bond donors (Lipinski definition) is 2. The number of carboxylic acids is 1. The third kappa shape index (κ3) is 3.31. The van der Waals surface area contributed by atoms with Gasteiger partial charge in [0.15, 0.2) is 0 Å². The van der Waals surface area contributed by atoms with Gasteiger partial charge < -0.3 is 19.5 Å². The fraction of sp³-hybridized carbons (Fsp3) is 0.533. The summed E-state index contributed by atoms with van der Waals surface area (Å²) in [5, 5.41) is 19.0. The average molecular weight is 371 g/mol. The minimum atomic E-state index is -0.949. The van der Waals surface area contributed by atoms with E-state index >= 15 is 0 Å². The van der Waals surface area contributed by atoms with Gasteiger partial charge in [-0.2, -0.15) is 0 Å². The zero-order chi connectivity index (χ0) is 16.7. The van der Waals surface area contributed by atoms with Gasteiger partial charge in [-0.3, -0.25) is 4.79 Å². The summed E-state index contributed by atoms with van der Waals surface area (Å²) in [6.07, 6.45) is -0.154. The minimum Gasteiger partial charge on any atom is -0.508 e. The van der Waals surface area contributed by atoms with Crippen LogP contribution in [0.15, 0.2) is 22.7 Å². The predicted octanol–water partition coefficient (Wildman–Crippen LogP) is 3.34. The van der Waals surface area contributed by atoms with Crippen LogP contribution in [0.4, 0.5) is 0 Å². The molecule has 1 fully saturated rings. The Morgan fingerprint density at radius 2 is 1.82 bits per heavy atom. The van der Waals surface area contributed by atoms with E-state index in [0.717, 1.165) is 0 Å². The molecule has 0 bridgehead atoms. The van der Waals surface area contributed by atoms with Crippen molar-refractivity contribution in [3.63, 3.8) is 0 Å². The van der Waals surface area contributed by atoms with Crippen LogP contribution in [0.25, 0.3) is 0 Å². The first kappa shape index (κ1) is 17.3. The molecule has 1 aliphatic heterocycles. The molecule has 1 saturated heterocycles. The second-order valence-electron chi connectivity index (χ2n) is 6.53. The Morgan fingerprint density at radius 1 is 1.27 bits per heavy atom. The average Bonchev–Trinajstić information content (AvgIpc) is 2.58. The molecule has 22 heavy (non-hydrogen) atoms. The van der Waals surface area contributed by atoms with Gasteiger partial charge in [0.1, 0.15) is 5.75 Å². The van der Waals surface area contributed by atoms with E-state index < -0.39 is 30.1 Å². The number of halogens is 1. The van der Waals surface area contributed by atoms with Crippen molar-refractivity contribution >= 4 is 29.0 Å². The SMILES string of the molecule is CC1(C)OB(C(CC(=O)O)c2cc(O)ccc2Br)OC1(C)C. The third-order valence-electron chi connectivity index (χ3n) is 4.37. The lowest BCUT2D eigenvalue weighted by molar-refractivity contribution is -0.137. The molecule has 7 heteroatoms. The fourth-order valence-corrected chi connectivity index (χ4v) is 2.95. The second-order valence-corrected chi connectivity index (χ2v) is 7.39. The number of benzene rings is 1. The predicted molar refractivity (Wildman–Crippen MR) is 86.9 cm³/mol. The lowest BCUT2D eigenvalue weighted by Crippen LogP contribution is -2.41. The van der Waals surface area contributed by atoms with Gasteiger partial charge in [0, 0.05) is 10.3 Å². The number of aromatic hydroxyl groups is 1. The number of aliphatic carboxylic acids is 1. The van der Waals surface area contributed by atoms with Crippen LogP contribution in [0.5, 0.6) is 5.75 Å². The molecule has 2 rings (SSSR count). The molecule has 0 aromatic heterocycles. The zero-order valence-electron chi connectivity index (χ0n) is 13.1. The van der Waals surface area contributed by atoms with Crippen LogP contribution < -0.4 is 0 Å². The summed E-state index contributed by atoms with van der Waals surface area (Å²) in [5.74, 6) is -1.40. The Kier molecular flexibility index (Phi) is 4.62. The molecule has 0 radical (unpaired) electrons. The third-order valence-corrected chi connectivity index (χ3v) is 5.10.